The monoisotopic (exact) mass is 146 g/mol. The van der Waals surface area contributed by atoms with Crippen LogP contribution in [0.3, 0.4) is 0 Å². The molecule has 2 N–H and O–H groups in total. The number of carbonyl (C=O) groups excluding carboxylic acids is 1. The van der Waals surface area contributed by atoms with Crippen molar-refractivity contribution in [3.63, 3.8) is 0 Å². The van der Waals surface area contributed by atoms with Gasteiger partial charge in [0.25, 0.3) is 0 Å². The number of carbonyl (C=O) groups is 1. The average molecular weight is 146 g/mol. The summed E-state index contributed by atoms with van der Waals surface area (Å²) in [6.45, 7) is 0.611. The molecule has 0 aromatic heterocycles. The lowest BCUT2D eigenvalue weighted by molar-refractivity contribution is -0.130. The van der Waals surface area contributed by atoms with Gasteiger partial charge in [-0.15, -0.1) is 0 Å². The fourth-order valence-electron chi connectivity index (χ4n) is 0.544. The number of nitrogens with two attached hydrogens (primary N) is 1. The van der Waals surface area contributed by atoms with Gasteiger partial charge in [0.05, 0.1) is 0 Å². The van der Waals surface area contributed by atoms with Gasteiger partial charge in [0.15, 0.2) is 0 Å². The van der Waals surface area contributed by atoms with Crippen LogP contribution in [0, 0.1) is 0 Å². The Kier molecular flexibility index (Phi) is 4.88. The molecule has 0 radical (unpaired) electrons. The zero-order valence-corrected chi connectivity index (χ0v) is 6.46. The van der Waals surface area contributed by atoms with Gasteiger partial charge in [0.2, 0.25) is 5.91 Å². The summed E-state index contributed by atoms with van der Waals surface area (Å²) in [5.74, 6) is 5.10. The summed E-state index contributed by atoms with van der Waals surface area (Å²) >= 11 is 0. The first-order valence-corrected chi connectivity index (χ1v) is 3.18. The highest BCUT2D eigenvalue weighted by molar-refractivity contribution is 5.75. The van der Waals surface area contributed by atoms with Crippen LogP contribution >= 0.6 is 0 Å². The Morgan fingerprint density at radius 2 is 2.30 bits per heavy atom. The van der Waals surface area contributed by atoms with Crippen LogP contribution in [0.5, 0.6) is 0 Å². The quantitative estimate of drug-likeness (QED) is 0.257. The Morgan fingerprint density at radius 3 is 2.70 bits per heavy atom. The first-order chi connectivity index (χ1) is 4.68. The molecule has 0 bridgehead atoms. The standard InChI is InChI=1S/C6H14N2O2/c1-8(7)6(9)4-3-5-10-2/h3-5,7H2,1-2H3. The van der Waals surface area contributed by atoms with Crippen LogP contribution < -0.4 is 5.84 Å². The fraction of sp³-hybridized carbons (Fsp3) is 0.833. The third-order valence-electron chi connectivity index (χ3n) is 1.13. The maximum atomic E-state index is 10.8. The van der Waals surface area contributed by atoms with Crippen molar-refractivity contribution in [1.82, 2.24) is 5.01 Å². The van der Waals surface area contributed by atoms with Crippen molar-refractivity contribution in [3.05, 3.63) is 0 Å². The predicted molar refractivity (Wildman–Crippen MR) is 38.1 cm³/mol. The summed E-state index contributed by atoms with van der Waals surface area (Å²) in [5, 5.41) is 1.09. The molecule has 4 nitrogen and oxygen atoms in total. The highest BCUT2D eigenvalue weighted by atomic mass is 16.5. The molecule has 0 atom stereocenters. The van der Waals surface area contributed by atoms with Crippen molar-refractivity contribution in [2.24, 2.45) is 5.84 Å². The maximum Gasteiger partial charge on any atom is 0.236 e. The number of hydrogen-bond acceptors (Lipinski definition) is 3. The third kappa shape index (κ3) is 4.29. The smallest absolute Gasteiger partial charge is 0.236 e. The topological polar surface area (TPSA) is 55.6 Å². The van der Waals surface area contributed by atoms with E-state index >= 15 is 0 Å². The summed E-state index contributed by atoms with van der Waals surface area (Å²) in [6.07, 6.45) is 1.19. The molecule has 4 heteroatoms. The second kappa shape index (κ2) is 5.20. The van der Waals surface area contributed by atoms with Crippen molar-refractivity contribution < 1.29 is 9.53 Å². The lowest BCUT2D eigenvalue weighted by Gasteiger charge is -2.08. The molecule has 60 valence electrons. The Labute approximate surface area is 60.9 Å². The van der Waals surface area contributed by atoms with E-state index in [-0.39, 0.29) is 5.91 Å². The minimum absolute atomic E-state index is 0.0583. The van der Waals surface area contributed by atoms with Gasteiger partial charge in [0, 0.05) is 27.2 Å². The van der Waals surface area contributed by atoms with Crippen molar-refractivity contribution in [2.75, 3.05) is 20.8 Å². The van der Waals surface area contributed by atoms with Gasteiger partial charge in [-0.3, -0.25) is 9.80 Å². The molecule has 0 saturated carbocycles. The van der Waals surface area contributed by atoms with E-state index in [0.29, 0.717) is 13.0 Å². The highest BCUT2D eigenvalue weighted by Gasteiger charge is 2.01. The SMILES string of the molecule is COCCCC(=O)N(C)N. The van der Waals surface area contributed by atoms with E-state index in [0.717, 1.165) is 11.4 Å². The molecule has 0 spiro atoms. The lowest BCUT2D eigenvalue weighted by Crippen LogP contribution is -2.32. The van der Waals surface area contributed by atoms with Gasteiger partial charge in [-0.1, -0.05) is 0 Å². The van der Waals surface area contributed by atoms with Crippen molar-refractivity contribution >= 4 is 5.91 Å². The van der Waals surface area contributed by atoms with E-state index in [1.165, 1.54) is 7.05 Å². The number of rotatable bonds is 4. The second-order valence-corrected chi connectivity index (χ2v) is 2.10. The molecule has 0 aliphatic carbocycles. The van der Waals surface area contributed by atoms with Crippen LogP contribution in [0.1, 0.15) is 12.8 Å². The van der Waals surface area contributed by atoms with Gasteiger partial charge in [-0.2, -0.15) is 0 Å². The third-order valence-corrected chi connectivity index (χ3v) is 1.13. The number of amides is 1. The van der Waals surface area contributed by atoms with E-state index < -0.39 is 0 Å². The molecule has 0 aromatic carbocycles. The zero-order chi connectivity index (χ0) is 7.98. The predicted octanol–water partition coefficient (Wildman–Crippen LogP) is -0.255. The maximum absolute atomic E-state index is 10.8. The first kappa shape index (κ1) is 9.39. The molecule has 0 heterocycles. The average Bonchev–Trinajstić information content (AvgIpc) is 1.88. The van der Waals surface area contributed by atoms with E-state index in [1.807, 2.05) is 0 Å². The molecule has 0 saturated heterocycles. The van der Waals surface area contributed by atoms with Crippen LogP contribution in [0.4, 0.5) is 0 Å². The second-order valence-electron chi connectivity index (χ2n) is 2.10. The van der Waals surface area contributed by atoms with Crippen molar-refractivity contribution in [2.45, 2.75) is 12.8 Å². The van der Waals surface area contributed by atoms with Crippen molar-refractivity contribution in [1.29, 1.82) is 0 Å². The molecule has 0 fully saturated rings. The molecular formula is C6H14N2O2. The van der Waals surface area contributed by atoms with E-state index in [1.54, 1.807) is 7.11 Å². The molecule has 10 heavy (non-hydrogen) atoms. The number of methoxy groups -OCH3 is 1. The molecular weight excluding hydrogens is 132 g/mol. The van der Waals surface area contributed by atoms with Gasteiger partial charge in [-0.05, 0) is 6.42 Å². The van der Waals surface area contributed by atoms with Crippen LogP contribution in [0.25, 0.3) is 0 Å². The fourth-order valence-corrected chi connectivity index (χ4v) is 0.544. The summed E-state index contributed by atoms with van der Waals surface area (Å²) in [6, 6.07) is 0. The van der Waals surface area contributed by atoms with Gasteiger partial charge < -0.3 is 4.74 Å². The van der Waals surface area contributed by atoms with Gasteiger partial charge in [0.1, 0.15) is 0 Å². The number of nitrogens with zero attached hydrogens (tertiary/aromatic N) is 1. The Balaban J connectivity index is 3.22. The van der Waals surface area contributed by atoms with Gasteiger partial charge >= 0.3 is 0 Å². The molecule has 0 aliphatic rings. The molecule has 1 amide bonds. The molecule has 0 rings (SSSR count). The zero-order valence-electron chi connectivity index (χ0n) is 6.46. The minimum Gasteiger partial charge on any atom is -0.385 e. The minimum atomic E-state index is -0.0583. The highest BCUT2D eigenvalue weighted by Crippen LogP contribution is 1.91. The molecule has 0 aromatic rings. The van der Waals surface area contributed by atoms with E-state index in [4.69, 9.17) is 10.6 Å². The lowest BCUT2D eigenvalue weighted by atomic mass is 10.3. The van der Waals surface area contributed by atoms with Crippen LogP contribution in [-0.4, -0.2) is 31.7 Å². The van der Waals surface area contributed by atoms with Crippen LogP contribution in [0.2, 0.25) is 0 Å². The Bertz CT molecular complexity index is 104. The Hall–Kier alpha value is -0.610. The van der Waals surface area contributed by atoms with Gasteiger partial charge in [-0.25, -0.2) is 5.84 Å². The van der Waals surface area contributed by atoms with Crippen molar-refractivity contribution in [3.8, 4) is 0 Å². The number of ether oxygens (including phenoxy) is 1. The largest absolute Gasteiger partial charge is 0.385 e. The summed E-state index contributed by atoms with van der Waals surface area (Å²) in [5.41, 5.74) is 0. The number of hydrazine groups is 1. The van der Waals surface area contributed by atoms with Crippen LogP contribution in [-0.2, 0) is 9.53 Å². The normalized spacial score (nSPS) is 9.50. The summed E-state index contributed by atoms with van der Waals surface area (Å²) < 4.78 is 4.76. The summed E-state index contributed by atoms with van der Waals surface area (Å²) in [4.78, 5) is 10.8. The number of hydrogen-bond donors (Lipinski definition) is 1. The van der Waals surface area contributed by atoms with Crippen LogP contribution in [0.15, 0.2) is 0 Å². The molecule has 0 unspecified atom stereocenters. The van der Waals surface area contributed by atoms with E-state index in [2.05, 4.69) is 0 Å². The van der Waals surface area contributed by atoms with E-state index in [9.17, 15) is 4.79 Å². The Morgan fingerprint density at radius 1 is 1.70 bits per heavy atom. The molecule has 0 aliphatic heterocycles. The first-order valence-electron chi connectivity index (χ1n) is 3.18. The summed E-state index contributed by atoms with van der Waals surface area (Å²) in [7, 11) is 3.14.